The Morgan fingerprint density at radius 1 is 1.17 bits per heavy atom. The number of nitrogens with one attached hydrogen (secondary N) is 1. The fraction of sp³-hybridized carbons (Fsp3) is 0.810. The third kappa shape index (κ3) is 3.99. The highest BCUT2D eigenvalue weighted by Gasteiger charge is 2.48. The van der Waals surface area contributed by atoms with Crippen LogP contribution in [0.25, 0.3) is 0 Å². The Labute approximate surface area is 170 Å². The lowest BCUT2D eigenvalue weighted by Gasteiger charge is -2.41. The second kappa shape index (κ2) is 6.91. The number of nitrogens with zero attached hydrogens (tertiary/aromatic N) is 3. The Bertz CT molecular complexity index is 774. The van der Waals surface area contributed by atoms with Gasteiger partial charge in [-0.25, -0.2) is 4.68 Å². The first-order valence-corrected chi connectivity index (χ1v) is 10.7. The van der Waals surface area contributed by atoms with Crippen LogP contribution < -0.4 is 5.32 Å². The van der Waals surface area contributed by atoms with E-state index in [0.717, 1.165) is 23.9 Å². The van der Waals surface area contributed by atoms with Gasteiger partial charge in [0.25, 0.3) is 0 Å². The minimum absolute atomic E-state index is 0.0139. The molecule has 162 valence electrons. The molecule has 1 saturated carbocycles. The molecule has 8 heteroatoms. The highest BCUT2D eigenvalue weighted by atomic mass is 19.4. The zero-order chi connectivity index (χ0) is 21.1. The lowest BCUT2D eigenvalue weighted by Crippen LogP contribution is -2.47. The highest BCUT2D eigenvalue weighted by molar-refractivity contribution is 5.81. The predicted octanol–water partition coefficient (Wildman–Crippen LogP) is 4.36. The maximum Gasteiger partial charge on any atom is 0.410 e. The number of rotatable bonds is 2. The Balaban J connectivity index is 1.48. The average Bonchev–Trinajstić information content (AvgIpc) is 3.19. The van der Waals surface area contributed by atoms with E-state index in [1.807, 2.05) is 25.7 Å². The molecule has 1 amide bonds. The normalized spacial score (nSPS) is 30.7. The first-order valence-electron chi connectivity index (χ1n) is 10.7. The third-order valence-corrected chi connectivity index (χ3v) is 6.83. The zero-order valence-electron chi connectivity index (χ0n) is 17.6. The molecule has 3 heterocycles. The average molecular weight is 413 g/mol. The first kappa shape index (κ1) is 20.5. The Kier molecular flexibility index (Phi) is 4.89. The standard InChI is InChI=1S/C21H31F3N4O/c1-12-9-14(12)19(29)27-7-5-13(6-8-27)15-10-17(21(22,23)24)28-18(25-15)11-16(26-28)20(2,3)4/h11-15,17,25H,5-10H2,1-4H3/t12-,14-,15+,17-/m1/s1. The van der Waals surface area contributed by atoms with Crippen molar-refractivity contribution >= 4 is 11.7 Å². The van der Waals surface area contributed by atoms with Gasteiger partial charge in [-0.15, -0.1) is 0 Å². The number of carbonyl (C=O) groups is 1. The van der Waals surface area contributed by atoms with Crippen molar-refractivity contribution in [2.75, 3.05) is 18.4 Å². The Morgan fingerprint density at radius 2 is 1.79 bits per heavy atom. The van der Waals surface area contributed by atoms with E-state index >= 15 is 0 Å². The van der Waals surface area contributed by atoms with Crippen LogP contribution in [0.15, 0.2) is 6.07 Å². The number of piperidine rings is 1. The van der Waals surface area contributed by atoms with E-state index in [4.69, 9.17) is 0 Å². The second-order valence-corrected chi connectivity index (χ2v) is 10.1. The summed E-state index contributed by atoms with van der Waals surface area (Å²) in [5.74, 6) is 1.46. The summed E-state index contributed by atoms with van der Waals surface area (Å²) in [6.45, 7) is 9.24. The summed E-state index contributed by atoms with van der Waals surface area (Å²) in [6.07, 6.45) is -1.89. The van der Waals surface area contributed by atoms with E-state index in [0.29, 0.717) is 30.5 Å². The number of halogens is 3. The molecule has 0 spiro atoms. The molecule has 1 N–H and O–H groups in total. The van der Waals surface area contributed by atoms with Gasteiger partial charge in [-0.2, -0.15) is 18.3 Å². The van der Waals surface area contributed by atoms with Gasteiger partial charge < -0.3 is 10.2 Å². The minimum atomic E-state index is -4.34. The van der Waals surface area contributed by atoms with E-state index in [9.17, 15) is 18.0 Å². The number of amides is 1. The fourth-order valence-corrected chi connectivity index (χ4v) is 4.70. The number of alkyl halides is 3. The molecule has 0 bridgehead atoms. The molecular weight excluding hydrogens is 381 g/mol. The number of hydrogen-bond acceptors (Lipinski definition) is 3. The van der Waals surface area contributed by atoms with Crippen molar-refractivity contribution in [2.45, 2.75) is 77.1 Å². The predicted molar refractivity (Wildman–Crippen MR) is 105 cm³/mol. The van der Waals surface area contributed by atoms with Gasteiger partial charge in [-0.05, 0) is 37.5 Å². The summed E-state index contributed by atoms with van der Waals surface area (Å²) in [5, 5.41) is 7.64. The molecule has 2 aliphatic heterocycles. The largest absolute Gasteiger partial charge is 0.410 e. The molecule has 0 radical (unpaired) electrons. The molecule has 0 unspecified atom stereocenters. The summed E-state index contributed by atoms with van der Waals surface area (Å²) in [4.78, 5) is 14.4. The summed E-state index contributed by atoms with van der Waals surface area (Å²) >= 11 is 0. The van der Waals surface area contributed by atoms with E-state index in [1.165, 1.54) is 0 Å². The van der Waals surface area contributed by atoms with Crippen molar-refractivity contribution in [3.63, 3.8) is 0 Å². The zero-order valence-corrected chi connectivity index (χ0v) is 17.6. The van der Waals surface area contributed by atoms with E-state index in [-0.39, 0.29) is 35.6 Å². The van der Waals surface area contributed by atoms with Crippen molar-refractivity contribution in [3.05, 3.63) is 11.8 Å². The molecule has 1 saturated heterocycles. The van der Waals surface area contributed by atoms with Crippen molar-refractivity contribution in [2.24, 2.45) is 17.8 Å². The van der Waals surface area contributed by atoms with Crippen LogP contribution in [0.3, 0.4) is 0 Å². The molecule has 3 aliphatic rings. The quantitative estimate of drug-likeness (QED) is 0.785. The van der Waals surface area contributed by atoms with Gasteiger partial charge in [0.2, 0.25) is 5.91 Å². The van der Waals surface area contributed by atoms with Gasteiger partial charge in [0, 0.05) is 36.5 Å². The lowest BCUT2D eigenvalue weighted by atomic mass is 9.84. The molecule has 1 aliphatic carbocycles. The number of aromatic nitrogens is 2. The number of likely N-dealkylation sites (tertiary alicyclic amines) is 1. The van der Waals surface area contributed by atoms with Gasteiger partial charge in [0.05, 0.1) is 5.69 Å². The summed E-state index contributed by atoms with van der Waals surface area (Å²) in [5.41, 5.74) is 0.345. The van der Waals surface area contributed by atoms with Crippen LogP contribution in [0.1, 0.15) is 65.1 Å². The van der Waals surface area contributed by atoms with Gasteiger partial charge in [-0.3, -0.25) is 4.79 Å². The topological polar surface area (TPSA) is 50.2 Å². The Hall–Kier alpha value is -1.73. The van der Waals surface area contributed by atoms with Crippen molar-refractivity contribution in [1.29, 1.82) is 0 Å². The minimum Gasteiger partial charge on any atom is -0.367 e. The van der Waals surface area contributed by atoms with Crippen LogP contribution in [-0.4, -0.2) is 45.9 Å². The monoisotopic (exact) mass is 412 g/mol. The van der Waals surface area contributed by atoms with Crippen LogP contribution in [0.4, 0.5) is 19.0 Å². The van der Waals surface area contributed by atoms with Crippen LogP contribution in [0.2, 0.25) is 0 Å². The van der Waals surface area contributed by atoms with Crippen LogP contribution in [0.5, 0.6) is 0 Å². The smallest absolute Gasteiger partial charge is 0.367 e. The van der Waals surface area contributed by atoms with Crippen molar-refractivity contribution in [3.8, 4) is 0 Å². The Morgan fingerprint density at radius 3 is 2.31 bits per heavy atom. The molecule has 1 aromatic rings. The van der Waals surface area contributed by atoms with Gasteiger partial charge in [0.15, 0.2) is 6.04 Å². The molecule has 5 nitrogen and oxygen atoms in total. The summed E-state index contributed by atoms with van der Waals surface area (Å²) in [7, 11) is 0. The number of carbonyl (C=O) groups excluding carboxylic acids is 1. The van der Waals surface area contributed by atoms with E-state index in [2.05, 4.69) is 17.3 Å². The maximum absolute atomic E-state index is 13.8. The van der Waals surface area contributed by atoms with Crippen molar-refractivity contribution < 1.29 is 18.0 Å². The SMILES string of the molecule is C[C@@H]1C[C@H]1C(=O)N1CCC([C@@H]2C[C@H](C(F)(F)F)n3nc(C(C)(C)C)cc3N2)CC1. The lowest BCUT2D eigenvalue weighted by molar-refractivity contribution is -0.174. The van der Waals surface area contributed by atoms with Gasteiger partial charge in [0.1, 0.15) is 5.82 Å². The second-order valence-electron chi connectivity index (χ2n) is 10.1. The van der Waals surface area contributed by atoms with E-state index < -0.39 is 12.2 Å². The molecule has 0 aromatic carbocycles. The fourth-order valence-electron chi connectivity index (χ4n) is 4.70. The summed E-state index contributed by atoms with van der Waals surface area (Å²) in [6, 6.07) is -0.0968. The molecule has 4 rings (SSSR count). The highest BCUT2D eigenvalue weighted by Crippen LogP contribution is 2.44. The first-order chi connectivity index (χ1) is 13.4. The number of hydrogen-bond donors (Lipinski definition) is 1. The van der Waals surface area contributed by atoms with Crippen molar-refractivity contribution in [1.82, 2.24) is 14.7 Å². The third-order valence-electron chi connectivity index (χ3n) is 6.83. The maximum atomic E-state index is 13.8. The van der Waals surface area contributed by atoms with E-state index in [1.54, 1.807) is 6.07 Å². The molecule has 2 fully saturated rings. The molecule has 1 aromatic heterocycles. The van der Waals surface area contributed by atoms with Gasteiger partial charge >= 0.3 is 6.18 Å². The molecule has 4 atom stereocenters. The van der Waals surface area contributed by atoms with Crippen LogP contribution in [-0.2, 0) is 10.2 Å². The number of anilines is 1. The molecule has 29 heavy (non-hydrogen) atoms. The van der Waals surface area contributed by atoms with Crippen LogP contribution in [0, 0.1) is 17.8 Å². The molecular formula is C21H31F3N4O. The van der Waals surface area contributed by atoms with Crippen LogP contribution >= 0.6 is 0 Å². The number of fused-ring (bicyclic) bond motifs is 1. The summed E-state index contributed by atoms with van der Waals surface area (Å²) < 4.78 is 42.6. The van der Waals surface area contributed by atoms with Gasteiger partial charge in [-0.1, -0.05) is 27.7 Å².